The first-order valence-corrected chi connectivity index (χ1v) is 6.63. The lowest BCUT2D eigenvalue weighted by Crippen LogP contribution is -2.04. The Morgan fingerprint density at radius 3 is 2.70 bits per heavy atom. The fourth-order valence-electron chi connectivity index (χ4n) is 2.43. The average molecular weight is 285 g/mol. The van der Waals surface area contributed by atoms with Crippen LogP contribution >= 0.6 is 11.6 Å². The average Bonchev–Trinajstić information content (AvgIpc) is 2.77. The molecule has 2 aromatic carbocycles. The van der Waals surface area contributed by atoms with Crippen molar-refractivity contribution in [2.75, 3.05) is 5.73 Å². The largest absolute Gasteiger partial charge is 0.398 e. The second-order valence-electron chi connectivity index (χ2n) is 4.71. The molecule has 3 nitrogen and oxygen atoms in total. The van der Waals surface area contributed by atoms with E-state index >= 15 is 0 Å². The highest BCUT2D eigenvalue weighted by molar-refractivity contribution is 6.37. The van der Waals surface area contributed by atoms with Gasteiger partial charge in [-0.3, -0.25) is 4.79 Å². The third-order valence-electron chi connectivity index (χ3n) is 3.39. The predicted octanol–water partition coefficient (Wildman–Crippen LogP) is 3.94. The summed E-state index contributed by atoms with van der Waals surface area (Å²) in [6.07, 6.45) is 0. The molecule has 0 aliphatic heterocycles. The highest BCUT2D eigenvalue weighted by atomic mass is 35.5. The second-order valence-corrected chi connectivity index (χ2v) is 5.09. The number of para-hydroxylation sites is 1. The smallest absolute Gasteiger partial charge is 0.197 e. The van der Waals surface area contributed by atoms with Crippen LogP contribution in [-0.2, 0) is 0 Å². The molecule has 3 aromatic rings. The number of nitrogens with two attached hydrogens (primary N) is 1. The Bertz CT molecular complexity index is 820. The zero-order chi connectivity index (χ0) is 14.3. The fraction of sp³-hybridized carbons (Fsp3) is 0.0625. The zero-order valence-electron chi connectivity index (χ0n) is 10.9. The first-order valence-electron chi connectivity index (χ1n) is 6.25. The standard InChI is InChI=1S/C16H13ClN2O/c1-9-14(10-5-2-3-8-13(10)19-9)16(20)11-6-4-7-12(18)15(11)17/h2-8,19H,18H2,1H3. The van der Waals surface area contributed by atoms with Gasteiger partial charge in [0.15, 0.2) is 5.78 Å². The molecule has 3 rings (SSSR count). The third kappa shape index (κ3) is 1.87. The molecule has 0 aliphatic rings. The number of nitrogens with one attached hydrogen (secondary N) is 1. The van der Waals surface area contributed by atoms with Crippen molar-refractivity contribution in [2.24, 2.45) is 0 Å². The van der Waals surface area contributed by atoms with E-state index in [-0.39, 0.29) is 5.78 Å². The molecule has 0 saturated carbocycles. The third-order valence-corrected chi connectivity index (χ3v) is 3.82. The van der Waals surface area contributed by atoms with Crippen LogP contribution in [0.4, 0.5) is 5.69 Å². The Balaban J connectivity index is 2.23. The highest BCUT2D eigenvalue weighted by Crippen LogP contribution is 2.29. The van der Waals surface area contributed by atoms with Crippen LogP contribution in [0.3, 0.4) is 0 Å². The fourth-order valence-corrected chi connectivity index (χ4v) is 2.64. The Morgan fingerprint density at radius 2 is 1.90 bits per heavy atom. The van der Waals surface area contributed by atoms with Crippen molar-refractivity contribution in [3.05, 3.63) is 64.3 Å². The molecule has 0 spiro atoms. The van der Waals surface area contributed by atoms with Gasteiger partial charge in [-0.05, 0) is 25.1 Å². The van der Waals surface area contributed by atoms with Gasteiger partial charge in [-0.1, -0.05) is 35.9 Å². The molecule has 0 aliphatic carbocycles. The van der Waals surface area contributed by atoms with Gasteiger partial charge in [0, 0.05) is 22.2 Å². The lowest BCUT2D eigenvalue weighted by molar-refractivity contribution is 0.104. The van der Waals surface area contributed by atoms with E-state index in [1.807, 2.05) is 31.2 Å². The molecule has 0 saturated heterocycles. The van der Waals surface area contributed by atoms with E-state index in [0.717, 1.165) is 16.6 Å². The summed E-state index contributed by atoms with van der Waals surface area (Å²) in [5, 5.41) is 1.20. The van der Waals surface area contributed by atoms with Gasteiger partial charge in [-0.25, -0.2) is 0 Å². The van der Waals surface area contributed by atoms with Gasteiger partial charge in [0.1, 0.15) is 0 Å². The first kappa shape index (κ1) is 12.8. The quantitative estimate of drug-likeness (QED) is 0.553. The minimum absolute atomic E-state index is 0.114. The summed E-state index contributed by atoms with van der Waals surface area (Å²) in [6, 6.07) is 12.8. The van der Waals surface area contributed by atoms with Crippen LogP contribution in [0.1, 0.15) is 21.6 Å². The van der Waals surface area contributed by atoms with Crippen molar-refractivity contribution in [2.45, 2.75) is 6.92 Å². The number of carbonyl (C=O) groups is 1. The summed E-state index contributed by atoms with van der Waals surface area (Å²) in [5.41, 5.74) is 9.03. The van der Waals surface area contributed by atoms with Crippen molar-refractivity contribution >= 4 is 34.0 Å². The predicted molar refractivity (Wildman–Crippen MR) is 82.3 cm³/mol. The molecule has 20 heavy (non-hydrogen) atoms. The minimum atomic E-state index is -0.114. The van der Waals surface area contributed by atoms with Crippen LogP contribution in [0, 0.1) is 6.92 Å². The number of halogens is 1. The summed E-state index contributed by atoms with van der Waals surface area (Å²) >= 11 is 6.15. The molecule has 1 heterocycles. The lowest BCUT2D eigenvalue weighted by Gasteiger charge is -2.06. The number of nitrogen functional groups attached to an aromatic ring is 1. The summed E-state index contributed by atoms with van der Waals surface area (Å²) < 4.78 is 0. The monoisotopic (exact) mass is 284 g/mol. The zero-order valence-corrected chi connectivity index (χ0v) is 11.7. The Kier molecular flexibility index (Phi) is 2.99. The summed E-state index contributed by atoms with van der Waals surface area (Å²) in [7, 11) is 0. The van der Waals surface area contributed by atoms with E-state index in [1.54, 1.807) is 18.2 Å². The van der Waals surface area contributed by atoms with Crippen molar-refractivity contribution < 1.29 is 4.79 Å². The number of anilines is 1. The van der Waals surface area contributed by atoms with E-state index in [4.69, 9.17) is 17.3 Å². The van der Waals surface area contributed by atoms with Crippen LogP contribution in [-0.4, -0.2) is 10.8 Å². The molecular formula is C16H13ClN2O. The lowest BCUT2D eigenvalue weighted by atomic mass is 10.00. The van der Waals surface area contributed by atoms with Gasteiger partial charge in [0.25, 0.3) is 0 Å². The van der Waals surface area contributed by atoms with E-state index in [1.165, 1.54) is 0 Å². The topological polar surface area (TPSA) is 58.9 Å². The maximum atomic E-state index is 12.8. The SMILES string of the molecule is Cc1[nH]c2ccccc2c1C(=O)c1cccc(N)c1Cl. The number of fused-ring (bicyclic) bond motifs is 1. The van der Waals surface area contributed by atoms with Gasteiger partial charge in [-0.2, -0.15) is 0 Å². The van der Waals surface area contributed by atoms with Crippen LogP contribution in [0.25, 0.3) is 10.9 Å². The molecule has 0 fully saturated rings. The molecule has 0 unspecified atom stereocenters. The van der Waals surface area contributed by atoms with Gasteiger partial charge < -0.3 is 10.7 Å². The summed E-state index contributed by atoms with van der Waals surface area (Å²) in [5.74, 6) is -0.114. The van der Waals surface area contributed by atoms with Crippen LogP contribution < -0.4 is 5.73 Å². The van der Waals surface area contributed by atoms with E-state index in [0.29, 0.717) is 21.8 Å². The highest BCUT2D eigenvalue weighted by Gasteiger charge is 2.20. The van der Waals surface area contributed by atoms with E-state index in [9.17, 15) is 4.79 Å². The number of rotatable bonds is 2. The molecule has 3 N–H and O–H groups in total. The Morgan fingerprint density at radius 1 is 1.15 bits per heavy atom. The number of benzene rings is 2. The van der Waals surface area contributed by atoms with Crippen molar-refractivity contribution in [1.82, 2.24) is 4.98 Å². The number of H-pyrrole nitrogens is 1. The Labute approximate surface area is 121 Å². The van der Waals surface area contributed by atoms with Gasteiger partial charge in [0.05, 0.1) is 16.3 Å². The summed E-state index contributed by atoms with van der Waals surface area (Å²) in [6.45, 7) is 1.88. The number of carbonyl (C=O) groups excluding carboxylic acids is 1. The number of hydrogen-bond donors (Lipinski definition) is 2. The number of aromatic nitrogens is 1. The number of hydrogen-bond acceptors (Lipinski definition) is 2. The van der Waals surface area contributed by atoms with E-state index < -0.39 is 0 Å². The molecule has 0 atom stereocenters. The summed E-state index contributed by atoms with van der Waals surface area (Å²) in [4.78, 5) is 16.0. The maximum Gasteiger partial charge on any atom is 0.197 e. The minimum Gasteiger partial charge on any atom is -0.398 e. The molecule has 100 valence electrons. The molecule has 4 heteroatoms. The van der Waals surface area contributed by atoms with Crippen LogP contribution in [0.5, 0.6) is 0 Å². The van der Waals surface area contributed by atoms with Gasteiger partial charge in [-0.15, -0.1) is 0 Å². The number of aromatic amines is 1. The first-order chi connectivity index (χ1) is 9.59. The molecule has 1 aromatic heterocycles. The molecular weight excluding hydrogens is 272 g/mol. The van der Waals surface area contributed by atoms with Crippen molar-refractivity contribution in [1.29, 1.82) is 0 Å². The molecule has 0 radical (unpaired) electrons. The van der Waals surface area contributed by atoms with Gasteiger partial charge in [0.2, 0.25) is 0 Å². The Hall–Kier alpha value is -2.26. The molecule has 0 bridgehead atoms. The second kappa shape index (κ2) is 4.69. The number of aryl methyl sites for hydroxylation is 1. The van der Waals surface area contributed by atoms with Crippen molar-refractivity contribution in [3.8, 4) is 0 Å². The van der Waals surface area contributed by atoms with E-state index in [2.05, 4.69) is 4.98 Å². The molecule has 0 amide bonds. The number of ketones is 1. The van der Waals surface area contributed by atoms with Crippen LogP contribution in [0.2, 0.25) is 5.02 Å². The van der Waals surface area contributed by atoms with Crippen molar-refractivity contribution in [3.63, 3.8) is 0 Å². The maximum absolute atomic E-state index is 12.8. The van der Waals surface area contributed by atoms with Crippen LogP contribution in [0.15, 0.2) is 42.5 Å². The normalized spacial score (nSPS) is 10.9. The van der Waals surface area contributed by atoms with Gasteiger partial charge >= 0.3 is 0 Å².